The van der Waals surface area contributed by atoms with Gasteiger partial charge >= 0.3 is 0 Å². The Kier molecular flexibility index (Phi) is 5.04. The molecular formula is C19H20N6O2. The first-order chi connectivity index (χ1) is 13.3. The van der Waals surface area contributed by atoms with E-state index in [1.165, 1.54) is 12.7 Å². The molecule has 3 heterocycles. The molecule has 1 saturated heterocycles. The highest BCUT2D eigenvalue weighted by Crippen LogP contribution is 2.18. The lowest BCUT2D eigenvalue weighted by Crippen LogP contribution is -2.31. The summed E-state index contributed by atoms with van der Waals surface area (Å²) in [6.45, 7) is 2.06. The predicted octanol–water partition coefficient (Wildman–Crippen LogP) is 2.45. The number of rotatable bonds is 5. The van der Waals surface area contributed by atoms with E-state index in [2.05, 4.69) is 30.3 Å². The van der Waals surface area contributed by atoms with Crippen LogP contribution < -0.4 is 10.2 Å². The Balaban J connectivity index is 1.39. The molecular weight excluding hydrogens is 344 g/mol. The summed E-state index contributed by atoms with van der Waals surface area (Å²) in [5.74, 6) is 1.33. The van der Waals surface area contributed by atoms with Crippen LogP contribution in [0.15, 0.2) is 47.2 Å². The molecule has 0 aliphatic carbocycles. The molecule has 8 heteroatoms. The Morgan fingerprint density at radius 2 is 1.93 bits per heavy atom. The van der Waals surface area contributed by atoms with Crippen molar-refractivity contribution in [2.75, 3.05) is 18.0 Å². The van der Waals surface area contributed by atoms with Gasteiger partial charge in [-0.25, -0.2) is 9.97 Å². The van der Waals surface area contributed by atoms with Crippen molar-refractivity contribution in [2.24, 2.45) is 0 Å². The Morgan fingerprint density at radius 1 is 1.11 bits per heavy atom. The minimum Gasteiger partial charge on any atom is -0.357 e. The molecule has 0 bridgehead atoms. The van der Waals surface area contributed by atoms with Gasteiger partial charge in [0, 0.05) is 24.7 Å². The number of carbonyl (C=O) groups is 1. The molecule has 4 rings (SSSR count). The van der Waals surface area contributed by atoms with Crippen LogP contribution >= 0.6 is 0 Å². The van der Waals surface area contributed by atoms with Crippen molar-refractivity contribution in [2.45, 2.75) is 25.8 Å². The number of nitrogens with one attached hydrogen (secondary N) is 1. The number of hydrogen-bond acceptors (Lipinski definition) is 7. The molecule has 138 valence electrons. The SMILES string of the molecule is O=C(NCc1nc(-c2ccccc2)no1)c1cc(N2CCCCC2)ncn1. The Bertz CT molecular complexity index is 905. The topological polar surface area (TPSA) is 97.0 Å². The second-order valence-corrected chi connectivity index (χ2v) is 6.37. The number of aromatic nitrogens is 4. The minimum absolute atomic E-state index is 0.141. The number of nitrogens with zero attached hydrogens (tertiary/aromatic N) is 5. The van der Waals surface area contributed by atoms with Gasteiger partial charge in [0.15, 0.2) is 0 Å². The lowest BCUT2D eigenvalue weighted by atomic mass is 10.1. The third-order valence-electron chi connectivity index (χ3n) is 4.47. The van der Waals surface area contributed by atoms with E-state index in [4.69, 9.17) is 4.52 Å². The van der Waals surface area contributed by atoms with Gasteiger partial charge in [0.1, 0.15) is 17.8 Å². The van der Waals surface area contributed by atoms with Crippen molar-refractivity contribution in [3.63, 3.8) is 0 Å². The first kappa shape index (κ1) is 17.1. The number of anilines is 1. The van der Waals surface area contributed by atoms with Gasteiger partial charge in [-0.15, -0.1) is 0 Å². The maximum Gasteiger partial charge on any atom is 0.270 e. The van der Waals surface area contributed by atoms with E-state index >= 15 is 0 Å². The number of amides is 1. The molecule has 1 aliphatic rings. The average Bonchev–Trinajstić information content (AvgIpc) is 3.22. The zero-order chi connectivity index (χ0) is 18.5. The summed E-state index contributed by atoms with van der Waals surface area (Å²) in [4.78, 5) is 27.3. The zero-order valence-corrected chi connectivity index (χ0v) is 14.8. The molecule has 2 aromatic heterocycles. The van der Waals surface area contributed by atoms with E-state index in [1.807, 2.05) is 30.3 Å². The van der Waals surface area contributed by atoms with Crippen LogP contribution in [0.5, 0.6) is 0 Å². The summed E-state index contributed by atoms with van der Waals surface area (Å²) in [5.41, 5.74) is 1.19. The van der Waals surface area contributed by atoms with E-state index < -0.39 is 0 Å². The fraction of sp³-hybridized carbons (Fsp3) is 0.316. The summed E-state index contributed by atoms with van der Waals surface area (Å²) in [7, 11) is 0. The van der Waals surface area contributed by atoms with Crippen LogP contribution in [-0.2, 0) is 6.54 Å². The second kappa shape index (κ2) is 7.94. The number of benzene rings is 1. The van der Waals surface area contributed by atoms with Crippen molar-refractivity contribution in [1.82, 2.24) is 25.4 Å². The van der Waals surface area contributed by atoms with Crippen LogP contribution in [0.2, 0.25) is 0 Å². The first-order valence-electron chi connectivity index (χ1n) is 9.03. The lowest BCUT2D eigenvalue weighted by Gasteiger charge is -2.27. The molecule has 0 spiro atoms. The molecule has 27 heavy (non-hydrogen) atoms. The molecule has 1 aliphatic heterocycles. The third kappa shape index (κ3) is 4.11. The smallest absolute Gasteiger partial charge is 0.270 e. The van der Waals surface area contributed by atoms with Crippen LogP contribution in [0.1, 0.15) is 35.6 Å². The van der Waals surface area contributed by atoms with Crippen LogP contribution in [0.4, 0.5) is 5.82 Å². The molecule has 0 saturated carbocycles. The fourth-order valence-corrected chi connectivity index (χ4v) is 3.04. The van der Waals surface area contributed by atoms with Gasteiger partial charge in [-0.05, 0) is 19.3 Å². The maximum absolute atomic E-state index is 12.4. The standard InChI is InChI=1S/C19H20N6O2/c26-19(15-11-16(22-13-21-15)25-9-5-2-6-10-25)20-12-17-23-18(24-27-17)14-7-3-1-4-8-14/h1,3-4,7-8,11,13H,2,5-6,9-10,12H2,(H,20,26). The van der Waals surface area contributed by atoms with Crippen molar-refractivity contribution < 1.29 is 9.32 Å². The molecule has 8 nitrogen and oxygen atoms in total. The molecule has 3 aromatic rings. The van der Waals surface area contributed by atoms with E-state index in [9.17, 15) is 4.79 Å². The van der Waals surface area contributed by atoms with Gasteiger partial charge in [0.2, 0.25) is 11.7 Å². The van der Waals surface area contributed by atoms with Gasteiger partial charge < -0.3 is 14.7 Å². The van der Waals surface area contributed by atoms with E-state index in [0.717, 1.165) is 37.3 Å². The molecule has 0 unspecified atom stereocenters. The monoisotopic (exact) mass is 364 g/mol. The van der Waals surface area contributed by atoms with E-state index in [0.29, 0.717) is 17.4 Å². The number of hydrogen-bond donors (Lipinski definition) is 1. The van der Waals surface area contributed by atoms with Crippen molar-refractivity contribution in [3.05, 3.63) is 54.3 Å². The van der Waals surface area contributed by atoms with Gasteiger partial charge in [0.25, 0.3) is 5.91 Å². The minimum atomic E-state index is -0.296. The lowest BCUT2D eigenvalue weighted by molar-refractivity contribution is 0.0941. The molecule has 1 amide bonds. The number of carbonyl (C=O) groups excluding carboxylic acids is 1. The van der Waals surface area contributed by atoms with Gasteiger partial charge in [-0.3, -0.25) is 4.79 Å². The molecule has 0 atom stereocenters. The molecule has 1 N–H and O–H groups in total. The van der Waals surface area contributed by atoms with Crippen molar-refractivity contribution in [1.29, 1.82) is 0 Å². The maximum atomic E-state index is 12.4. The fourth-order valence-electron chi connectivity index (χ4n) is 3.04. The van der Waals surface area contributed by atoms with Crippen LogP contribution in [-0.4, -0.2) is 39.1 Å². The summed E-state index contributed by atoms with van der Waals surface area (Å²) in [6.07, 6.45) is 4.96. The summed E-state index contributed by atoms with van der Waals surface area (Å²) in [6, 6.07) is 11.3. The van der Waals surface area contributed by atoms with Crippen LogP contribution in [0.25, 0.3) is 11.4 Å². The molecule has 1 fully saturated rings. The third-order valence-corrected chi connectivity index (χ3v) is 4.47. The largest absolute Gasteiger partial charge is 0.357 e. The average molecular weight is 364 g/mol. The normalized spacial score (nSPS) is 14.1. The molecule has 1 aromatic carbocycles. The number of piperidine rings is 1. The van der Waals surface area contributed by atoms with E-state index in [-0.39, 0.29) is 12.5 Å². The van der Waals surface area contributed by atoms with Gasteiger partial charge in [-0.1, -0.05) is 35.5 Å². The van der Waals surface area contributed by atoms with Crippen LogP contribution in [0.3, 0.4) is 0 Å². The Hall–Kier alpha value is -3.29. The highest BCUT2D eigenvalue weighted by Gasteiger charge is 2.16. The summed E-state index contributed by atoms with van der Waals surface area (Å²) in [5, 5.41) is 6.71. The summed E-state index contributed by atoms with van der Waals surface area (Å²) < 4.78 is 5.21. The van der Waals surface area contributed by atoms with Crippen molar-refractivity contribution >= 4 is 11.7 Å². The second-order valence-electron chi connectivity index (χ2n) is 6.37. The molecule has 0 radical (unpaired) electrons. The highest BCUT2D eigenvalue weighted by molar-refractivity contribution is 5.92. The zero-order valence-electron chi connectivity index (χ0n) is 14.8. The van der Waals surface area contributed by atoms with Crippen molar-refractivity contribution in [3.8, 4) is 11.4 Å². The van der Waals surface area contributed by atoms with Crippen LogP contribution in [0, 0.1) is 0 Å². The first-order valence-corrected chi connectivity index (χ1v) is 9.03. The van der Waals surface area contributed by atoms with Gasteiger partial charge in [-0.2, -0.15) is 4.98 Å². The Labute approximate surface area is 156 Å². The highest BCUT2D eigenvalue weighted by atomic mass is 16.5. The van der Waals surface area contributed by atoms with E-state index in [1.54, 1.807) is 6.07 Å². The van der Waals surface area contributed by atoms with Gasteiger partial charge in [0.05, 0.1) is 6.54 Å². The summed E-state index contributed by atoms with van der Waals surface area (Å²) >= 11 is 0. The Morgan fingerprint density at radius 3 is 2.74 bits per heavy atom. The predicted molar refractivity (Wildman–Crippen MR) is 99.0 cm³/mol. The quantitative estimate of drug-likeness (QED) is 0.742.